The van der Waals surface area contributed by atoms with Crippen LogP contribution in [-0.2, 0) is 4.79 Å². The molecule has 3 N–H and O–H groups in total. The Morgan fingerprint density at radius 2 is 2.06 bits per heavy atom. The fourth-order valence-corrected chi connectivity index (χ4v) is 1.36. The molecule has 18 heavy (non-hydrogen) atoms. The molecular weight excluding hydrogens is 273 g/mol. The predicted molar refractivity (Wildman–Crippen MR) is 61.3 cm³/mol. The highest BCUT2D eigenvalue weighted by molar-refractivity contribution is 8.00. The van der Waals surface area contributed by atoms with Gasteiger partial charge in [0.1, 0.15) is 6.04 Å². The van der Waals surface area contributed by atoms with Gasteiger partial charge in [-0.3, -0.25) is 0 Å². The zero-order valence-corrected chi connectivity index (χ0v) is 10.1. The van der Waals surface area contributed by atoms with Crippen LogP contribution in [0.4, 0.5) is 18.0 Å². The zero-order chi connectivity index (χ0) is 14.2. The van der Waals surface area contributed by atoms with Gasteiger partial charge in [0.05, 0.1) is 0 Å². The number of carbonyl (C=O) groups is 2. The molecule has 0 aromatic carbocycles. The van der Waals surface area contributed by atoms with E-state index in [1.165, 1.54) is 6.08 Å². The molecule has 5 nitrogen and oxygen atoms in total. The van der Waals surface area contributed by atoms with Crippen molar-refractivity contribution in [1.29, 1.82) is 0 Å². The maximum absolute atomic E-state index is 11.7. The number of rotatable bonds is 7. The van der Waals surface area contributed by atoms with Crippen LogP contribution in [0.5, 0.6) is 0 Å². The van der Waals surface area contributed by atoms with Gasteiger partial charge in [0.15, 0.2) is 0 Å². The third-order valence-electron chi connectivity index (χ3n) is 1.66. The second-order valence-electron chi connectivity index (χ2n) is 3.11. The summed E-state index contributed by atoms with van der Waals surface area (Å²) in [5, 5.41) is 12.9. The number of carboxylic acid groups (broad SMARTS) is 1. The number of alkyl halides is 3. The number of carbonyl (C=O) groups excluding carboxylic acids is 1. The van der Waals surface area contributed by atoms with Gasteiger partial charge >= 0.3 is 17.5 Å². The highest BCUT2D eigenvalue weighted by atomic mass is 32.2. The molecular formula is C9H13F3N2O3S. The Hall–Kier alpha value is -1.38. The Morgan fingerprint density at radius 1 is 1.44 bits per heavy atom. The SMILES string of the molecule is C=CCC(NC(=O)NCCSC(F)(F)F)C(=O)O. The molecule has 0 spiro atoms. The van der Waals surface area contributed by atoms with Crippen LogP contribution in [0.2, 0.25) is 0 Å². The first-order valence-corrected chi connectivity index (χ1v) is 5.83. The summed E-state index contributed by atoms with van der Waals surface area (Å²) in [5.41, 5.74) is -4.34. The number of hydrogen-bond donors (Lipinski definition) is 3. The third-order valence-corrected chi connectivity index (χ3v) is 2.39. The topological polar surface area (TPSA) is 78.4 Å². The number of aliphatic carboxylic acids is 1. The van der Waals surface area contributed by atoms with Gasteiger partial charge in [0, 0.05) is 12.3 Å². The molecule has 2 amide bonds. The number of halogens is 3. The first-order chi connectivity index (χ1) is 8.26. The minimum absolute atomic E-state index is 0.0278. The molecule has 104 valence electrons. The fraction of sp³-hybridized carbons (Fsp3) is 0.556. The van der Waals surface area contributed by atoms with Crippen LogP contribution in [0.1, 0.15) is 6.42 Å². The van der Waals surface area contributed by atoms with Crippen LogP contribution in [-0.4, -0.2) is 41.0 Å². The van der Waals surface area contributed by atoms with Gasteiger partial charge in [0.25, 0.3) is 0 Å². The van der Waals surface area contributed by atoms with Crippen molar-refractivity contribution in [2.45, 2.75) is 18.0 Å². The minimum Gasteiger partial charge on any atom is -0.480 e. The molecule has 0 saturated heterocycles. The Morgan fingerprint density at radius 3 is 2.50 bits per heavy atom. The quantitative estimate of drug-likeness (QED) is 0.490. The maximum Gasteiger partial charge on any atom is 0.441 e. The van der Waals surface area contributed by atoms with Gasteiger partial charge in [-0.2, -0.15) is 13.2 Å². The average molecular weight is 286 g/mol. The van der Waals surface area contributed by atoms with E-state index >= 15 is 0 Å². The van der Waals surface area contributed by atoms with Gasteiger partial charge in [-0.1, -0.05) is 6.08 Å². The van der Waals surface area contributed by atoms with Gasteiger partial charge in [-0.05, 0) is 18.2 Å². The van der Waals surface area contributed by atoms with Gasteiger partial charge in [0.2, 0.25) is 0 Å². The van der Waals surface area contributed by atoms with Crippen LogP contribution in [0, 0.1) is 0 Å². The average Bonchev–Trinajstić information content (AvgIpc) is 2.22. The third kappa shape index (κ3) is 8.74. The number of thioether (sulfide) groups is 1. The highest BCUT2D eigenvalue weighted by Gasteiger charge is 2.27. The van der Waals surface area contributed by atoms with Crippen molar-refractivity contribution in [3.8, 4) is 0 Å². The Bertz CT molecular complexity index is 310. The number of carboxylic acids is 1. The van der Waals surface area contributed by atoms with Crippen molar-refractivity contribution in [3.63, 3.8) is 0 Å². The van der Waals surface area contributed by atoms with E-state index in [4.69, 9.17) is 5.11 Å². The molecule has 0 fully saturated rings. The van der Waals surface area contributed by atoms with Gasteiger partial charge < -0.3 is 15.7 Å². The summed E-state index contributed by atoms with van der Waals surface area (Å²) in [4.78, 5) is 21.8. The lowest BCUT2D eigenvalue weighted by atomic mass is 10.2. The molecule has 0 aliphatic carbocycles. The number of hydrogen-bond acceptors (Lipinski definition) is 3. The lowest BCUT2D eigenvalue weighted by molar-refractivity contribution is -0.139. The summed E-state index contributed by atoms with van der Waals surface area (Å²) < 4.78 is 35.2. The van der Waals surface area contributed by atoms with Crippen molar-refractivity contribution in [1.82, 2.24) is 10.6 Å². The molecule has 1 atom stereocenters. The molecule has 0 aliphatic heterocycles. The monoisotopic (exact) mass is 286 g/mol. The van der Waals surface area contributed by atoms with Crippen molar-refractivity contribution >= 4 is 23.8 Å². The lowest BCUT2D eigenvalue weighted by Gasteiger charge is -2.13. The highest BCUT2D eigenvalue weighted by Crippen LogP contribution is 2.29. The minimum atomic E-state index is -4.34. The molecule has 1 unspecified atom stereocenters. The van der Waals surface area contributed by atoms with E-state index in [1.54, 1.807) is 0 Å². The van der Waals surface area contributed by atoms with E-state index in [2.05, 4.69) is 17.2 Å². The fourth-order valence-electron chi connectivity index (χ4n) is 0.929. The van der Waals surface area contributed by atoms with E-state index in [0.717, 1.165) is 0 Å². The van der Waals surface area contributed by atoms with Crippen LogP contribution in [0.15, 0.2) is 12.7 Å². The first kappa shape index (κ1) is 16.6. The second-order valence-corrected chi connectivity index (χ2v) is 4.27. The largest absolute Gasteiger partial charge is 0.480 e. The van der Waals surface area contributed by atoms with Crippen LogP contribution in [0.25, 0.3) is 0 Å². The first-order valence-electron chi connectivity index (χ1n) is 4.85. The molecule has 0 aliphatic rings. The standard InChI is InChI=1S/C9H13F3N2O3S/c1-2-3-6(7(15)16)14-8(17)13-4-5-18-9(10,11)12/h2,6H,1,3-5H2,(H,15,16)(H2,13,14,17). The number of nitrogens with one attached hydrogen (secondary N) is 2. The molecule has 0 aromatic rings. The Labute approximate surface area is 106 Å². The molecule has 0 aromatic heterocycles. The normalized spacial score (nSPS) is 12.6. The maximum atomic E-state index is 11.7. The molecule has 0 rings (SSSR count). The van der Waals surface area contributed by atoms with Crippen LogP contribution in [0.3, 0.4) is 0 Å². The summed E-state index contributed by atoms with van der Waals surface area (Å²) >= 11 is -0.264. The molecule has 9 heteroatoms. The predicted octanol–water partition coefficient (Wildman–Crippen LogP) is 1.57. The second kappa shape index (κ2) is 7.85. The Kier molecular flexibility index (Phi) is 7.25. The summed E-state index contributed by atoms with van der Waals surface area (Å²) in [6, 6.07) is -1.97. The molecule has 0 saturated carbocycles. The summed E-state index contributed by atoms with van der Waals surface area (Å²) in [5.74, 6) is -1.58. The lowest BCUT2D eigenvalue weighted by Crippen LogP contribution is -2.46. The summed E-state index contributed by atoms with van der Waals surface area (Å²) in [6.45, 7) is 3.12. The number of urea groups is 1. The smallest absolute Gasteiger partial charge is 0.441 e. The van der Waals surface area contributed by atoms with Gasteiger partial charge in [-0.15, -0.1) is 6.58 Å². The molecule has 0 radical (unpaired) electrons. The van der Waals surface area contributed by atoms with Crippen molar-refractivity contribution in [2.24, 2.45) is 0 Å². The van der Waals surface area contributed by atoms with E-state index in [1.807, 2.05) is 0 Å². The van der Waals surface area contributed by atoms with Gasteiger partial charge in [-0.25, -0.2) is 9.59 Å². The number of amides is 2. The van der Waals surface area contributed by atoms with Crippen LogP contribution >= 0.6 is 11.8 Å². The van der Waals surface area contributed by atoms with E-state index in [9.17, 15) is 22.8 Å². The Balaban J connectivity index is 3.89. The van der Waals surface area contributed by atoms with E-state index in [0.29, 0.717) is 0 Å². The van der Waals surface area contributed by atoms with Crippen LogP contribution < -0.4 is 10.6 Å². The zero-order valence-electron chi connectivity index (χ0n) is 9.29. The summed E-state index contributed by atoms with van der Waals surface area (Å²) in [7, 11) is 0. The molecule has 0 bridgehead atoms. The van der Waals surface area contributed by atoms with Crippen molar-refractivity contribution in [3.05, 3.63) is 12.7 Å². The van der Waals surface area contributed by atoms with E-state index < -0.39 is 23.6 Å². The van der Waals surface area contributed by atoms with E-state index in [-0.39, 0.29) is 30.5 Å². The molecule has 0 heterocycles. The van der Waals surface area contributed by atoms with Crippen molar-refractivity contribution in [2.75, 3.05) is 12.3 Å². The van der Waals surface area contributed by atoms with Crippen molar-refractivity contribution < 1.29 is 27.9 Å². The summed E-state index contributed by atoms with van der Waals surface area (Å²) in [6.07, 6.45) is 1.35.